The third kappa shape index (κ3) is 1.89. The summed E-state index contributed by atoms with van der Waals surface area (Å²) in [6.07, 6.45) is 3.54. The number of fused-ring (bicyclic) bond motifs is 1. The maximum absolute atomic E-state index is 13.1. The molecule has 17 heavy (non-hydrogen) atoms. The second-order valence-electron chi connectivity index (χ2n) is 3.94. The van der Waals surface area contributed by atoms with Crippen LogP contribution in [0.2, 0.25) is 0 Å². The van der Waals surface area contributed by atoms with Crippen LogP contribution in [0.1, 0.15) is 0 Å². The molecular formula is C15H10FN. The summed E-state index contributed by atoms with van der Waals surface area (Å²) in [5, 5.41) is 1.96. The smallest absolute Gasteiger partial charge is 0.123 e. The summed E-state index contributed by atoms with van der Waals surface area (Å²) >= 11 is 0. The van der Waals surface area contributed by atoms with Crippen molar-refractivity contribution in [3.05, 3.63) is 66.7 Å². The van der Waals surface area contributed by atoms with Crippen LogP contribution in [0, 0.1) is 5.82 Å². The molecule has 0 radical (unpaired) electrons. The molecule has 0 unspecified atom stereocenters. The number of hydrogen-bond acceptors (Lipinski definition) is 1. The Kier molecular flexibility index (Phi) is 2.33. The fourth-order valence-corrected chi connectivity index (χ4v) is 1.94. The molecule has 0 fully saturated rings. The Labute approximate surface area is 98.6 Å². The monoisotopic (exact) mass is 223 g/mol. The number of pyridine rings is 1. The second-order valence-corrected chi connectivity index (χ2v) is 3.94. The number of rotatable bonds is 1. The van der Waals surface area contributed by atoms with Crippen molar-refractivity contribution in [1.82, 2.24) is 4.98 Å². The second kappa shape index (κ2) is 3.98. The number of benzene rings is 2. The Balaban J connectivity index is 2.17. The molecule has 0 amide bonds. The third-order valence-electron chi connectivity index (χ3n) is 2.82. The van der Waals surface area contributed by atoms with Crippen LogP contribution in [-0.4, -0.2) is 4.98 Å². The Bertz CT molecular complexity index is 662. The number of aromatic nitrogens is 1. The molecule has 0 aliphatic rings. The largest absolute Gasteiger partial charge is 0.265 e. The van der Waals surface area contributed by atoms with Crippen LogP contribution < -0.4 is 0 Å². The Morgan fingerprint density at radius 1 is 0.706 bits per heavy atom. The van der Waals surface area contributed by atoms with Crippen molar-refractivity contribution in [2.24, 2.45) is 0 Å². The molecule has 0 saturated heterocycles. The first-order valence-corrected chi connectivity index (χ1v) is 5.43. The van der Waals surface area contributed by atoms with Crippen molar-refractivity contribution in [3.63, 3.8) is 0 Å². The van der Waals surface area contributed by atoms with Crippen LogP contribution in [0.25, 0.3) is 21.9 Å². The molecule has 0 aliphatic heterocycles. The van der Waals surface area contributed by atoms with Crippen LogP contribution in [0.4, 0.5) is 4.39 Å². The molecule has 0 saturated carbocycles. The zero-order valence-corrected chi connectivity index (χ0v) is 9.10. The van der Waals surface area contributed by atoms with Gasteiger partial charge in [-0.1, -0.05) is 18.2 Å². The summed E-state index contributed by atoms with van der Waals surface area (Å²) in [6.45, 7) is 0. The fraction of sp³-hybridized carbons (Fsp3) is 0. The topological polar surface area (TPSA) is 12.9 Å². The van der Waals surface area contributed by atoms with E-state index in [0.29, 0.717) is 0 Å². The fourth-order valence-electron chi connectivity index (χ4n) is 1.94. The first-order chi connectivity index (χ1) is 8.33. The van der Waals surface area contributed by atoms with E-state index >= 15 is 0 Å². The number of nitrogens with zero attached hydrogens (tertiary/aromatic N) is 1. The maximum Gasteiger partial charge on any atom is 0.123 e. The Morgan fingerprint density at radius 3 is 2.24 bits per heavy atom. The predicted molar refractivity (Wildman–Crippen MR) is 67.1 cm³/mol. The Morgan fingerprint density at radius 2 is 1.41 bits per heavy atom. The van der Waals surface area contributed by atoms with Crippen LogP contribution in [0.3, 0.4) is 0 Å². The van der Waals surface area contributed by atoms with E-state index in [0.717, 1.165) is 21.9 Å². The van der Waals surface area contributed by atoms with E-state index < -0.39 is 0 Å². The summed E-state index contributed by atoms with van der Waals surface area (Å²) in [4.78, 5) is 4.00. The quantitative estimate of drug-likeness (QED) is 0.606. The molecule has 3 aromatic rings. The average molecular weight is 223 g/mol. The highest BCUT2D eigenvalue weighted by atomic mass is 19.1. The molecule has 1 aromatic heterocycles. The number of hydrogen-bond donors (Lipinski definition) is 0. The van der Waals surface area contributed by atoms with Gasteiger partial charge < -0.3 is 0 Å². The van der Waals surface area contributed by atoms with E-state index in [1.807, 2.05) is 24.3 Å². The van der Waals surface area contributed by atoms with E-state index in [1.165, 1.54) is 6.07 Å². The van der Waals surface area contributed by atoms with Crippen molar-refractivity contribution in [2.75, 3.05) is 0 Å². The third-order valence-corrected chi connectivity index (χ3v) is 2.82. The van der Waals surface area contributed by atoms with Crippen molar-refractivity contribution in [3.8, 4) is 11.1 Å². The van der Waals surface area contributed by atoms with Crippen LogP contribution in [0.5, 0.6) is 0 Å². The predicted octanol–water partition coefficient (Wildman–Crippen LogP) is 4.04. The van der Waals surface area contributed by atoms with Crippen molar-refractivity contribution in [1.29, 1.82) is 0 Å². The van der Waals surface area contributed by atoms with Crippen LogP contribution >= 0.6 is 0 Å². The van der Waals surface area contributed by atoms with Gasteiger partial charge in [-0.15, -0.1) is 0 Å². The van der Waals surface area contributed by atoms with E-state index in [4.69, 9.17) is 0 Å². The molecule has 1 nitrogen and oxygen atoms in total. The molecule has 0 bridgehead atoms. The minimum Gasteiger partial charge on any atom is -0.265 e. The highest BCUT2D eigenvalue weighted by molar-refractivity contribution is 5.87. The van der Waals surface area contributed by atoms with Gasteiger partial charge in [-0.25, -0.2) is 4.39 Å². The molecule has 3 rings (SSSR count). The molecule has 0 N–H and O–H groups in total. The molecule has 0 aliphatic carbocycles. The minimum atomic E-state index is -0.200. The van der Waals surface area contributed by atoms with Gasteiger partial charge >= 0.3 is 0 Å². The van der Waals surface area contributed by atoms with Gasteiger partial charge in [0.05, 0.1) is 0 Å². The highest BCUT2D eigenvalue weighted by Crippen LogP contribution is 2.24. The first-order valence-electron chi connectivity index (χ1n) is 5.43. The number of halogens is 1. The zero-order chi connectivity index (χ0) is 11.7. The summed E-state index contributed by atoms with van der Waals surface area (Å²) in [6, 6.07) is 14.8. The standard InChI is InChI=1S/C15H10FN/c16-15-4-3-13-9-12(1-2-14(13)10-15)11-5-7-17-8-6-11/h1-10H. The van der Waals surface area contributed by atoms with Crippen LogP contribution in [0.15, 0.2) is 60.9 Å². The summed E-state index contributed by atoms with van der Waals surface area (Å²) in [5.41, 5.74) is 2.23. The first kappa shape index (κ1) is 9.97. The molecule has 1 heterocycles. The lowest BCUT2D eigenvalue weighted by molar-refractivity contribution is 0.630. The van der Waals surface area contributed by atoms with Gasteiger partial charge in [-0.3, -0.25) is 4.98 Å². The normalized spacial score (nSPS) is 10.6. The van der Waals surface area contributed by atoms with E-state index in [-0.39, 0.29) is 5.82 Å². The molecule has 2 aromatic carbocycles. The SMILES string of the molecule is Fc1ccc2cc(-c3ccncc3)ccc2c1. The van der Waals surface area contributed by atoms with Gasteiger partial charge in [-0.05, 0) is 52.2 Å². The lowest BCUT2D eigenvalue weighted by Crippen LogP contribution is -1.81. The lowest BCUT2D eigenvalue weighted by Gasteiger charge is -2.03. The highest BCUT2D eigenvalue weighted by Gasteiger charge is 2.00. The summed E-state index contributed by atoms with van der Waals surface area (Å²) in [7, 11) is 0. The molecule has 2 heteroatoms. The van der Waals surface area contributed by atoms with Gasteiger partial charge in [-0.2, -0.15) is 0 Å². The molecule has 82 valence electrons. The van der Waals surface area contributed by atoms with Crippen molar-refractivity contribution >= 4 is 10.8 Å². The van der Waals surface area contributed by atoms with Gasteiger partial charge in [0, 0.05) is 12.4 Å². The summed E-state index contributed by atoms with van der Waals surface area (Å²) < 4.78 is 13.1. The molecule has 0 atom stereocenters. The van der Waals surface area contributed by atoms with Gasteiger partial charge in [0.2, 0.25) is 0 Å². The molecule has 0 spiro atoms. The molecular weight excluding hydrogens is 213 g/mol. The zero-order valence-electron chi connectivity index (χ0n) is 9.10. The Hall–Kier alpha value is -2.22. The lowest BCUT2D eigenvalue weighted by atomic mass is 10.0. The van der Waals surface area contributed by atoms with E-state index in [9.17, 15) is 4.39 Å². The van der Waals surface area contributed by atoms with Crippen molar-refractivity contribution < 1.29 is 4.39 Å². The average Bonchev–Trinajstić information content (AvgIpc) is 2.39. The van der Waals surface area contributed by atoms with E-state index in [1.54, 1.807) is 24.5 Å². The van der Waals surface area contributed by atoms with Crippen LogP contribution in [-0.2, 0) is 0 Å². The van der Waals surface area contributed by atoms with Gasteiger partial charge in [0.15, 0.2) is 0 Å². The maximum atomic E-state index is 13.1. The summed E-state index contributed by atoms with van der Waals surface area (Å²) in [5.74, 6) is -0.200. The van der Waals surface area contributed by atoms with E-state index in [2.05, 4.69) is 11.1 Å². The van der Waals surface area contributed by atoms with Gasteiger partial charge in [0.25, 0.3) is 0 Å². The van der Waals surface area contributed by atoms with Crippen molar-refractivity contribution in [2.45, 2.75) is 0 Å². The minimum absolute atomic E-state index is 0.200. The van der Waals surface area contributed by atoms with Gasteiger partial charge in [0.1, 0.15) is 5.82 Å².